The molecule has 0 aliphatic carbocycles. The largest absolute Gasteiger partial charge is 0.496 e. The summed E-state index contributed by atoms with van der Waals surface area (Å²) in [6.07, 6.45) is 3.05. The van der Waals surface area contributed by atoms with E-state index in [1.54, 1.807) is 26.3 Å². The van der Waals surface area contributed by atoms with Gasteiger partial charge < -0.3 is 13.9 Å². The summed E-state index contributed by atoms with van der Waals surface area (Å²) in [7, 11) is 1.62. The molecular formula is C23H24N2O4. The summed E-state index contributed by atoms with van der Waals surface area (Å²) in [6.45, 7) is 6.13. The number of amides is 1. The molecule has 0 aliphatic heterocycles. The van der Waals surface area contributed by atoms with Crippen LogP contribution in [0.3, 0.4) is 0 Å². The third kappa shape index (κ3) is 4.85. The molecule has 3 aromatic rings. The second-order valence-corrected chi connectivity index (χ2v) is 6.67. The van der Waals surface area contributed by atoms with Gasteiger partial charge in [0, 0.05) is 5.56 Å². The van der Waals surface area contributed by atoms with Crippen LogP contribution in [0.25, 0.3) is 0 Å². The molecule has 0 unspecified atom stereocenters. The van der Waals surface area contributed by atoms with Gasteiger partial charge in [0.1, 0.15) is 23.9 Å². The van der Waals surface area contributed by atoms with Gasteiger partial charge in [0.05, 0.1) is 25.2 Å². The van der Waals surface area contributed by atoms with Gasteiger partial charge in [-0.1, -0.05) is 18.2 Å². The topological polar surface area (TPSA) is 73.1 Å². The van der Waals surface area contributed by atoms with Crippen molar-refractivity contribution in [1.29, 1.82) is 0 Å². The van der Waals surface area contributed by atoms with E-state index >= 15 is 0 Å². The number of rotatable bonds is 7. The maximum absolute atomic E-state index is 12.1. The van der Waals surface area contributed by atoms with E-state index in [-0.39, 0.29) is 5.91 Å². The number of para-hydroxylation sites is 1. The number of methoxy groups -OCH3 is 1. The number of aryl methyl sites for hydroxylation is 3. The number of benzene rings is 2. The molecule has 29 heavy (non-hydrogen) atoms. The Hall–Kier alpha value is -3.54. The van der Waals surface area contributed by atoms with Gasteiger partial charge in [0.2, 0.25) is 0 Å². The molecule has 0 saturated carbocycles. The average molecular weight is 392 g/mol. The van der Waals surface area contributed by atoms with Gasteiger partial charge in [-0.15, -0.1) is 0 Å². The minimum Gasteiger partial charge on any atom is -0.496 e. The normalized spacial score (nSPS) is 10.9. The van der Waals surface area contributed by atoms with Crippen LogP contribution >= 0.6 is 0 Å². The van der Waals surface area contributed by atoms with Crippen molar-refractivity contribution in [3.05, 3.63) is 82.3 Å². The van der Waals surface area contributed by atoms with E-state index in [1.165, 1.54) is 6.26 Å². The molecule has 150 valence electrons. The molecule has 0 saturated heterocycles. The summed E-state index contributed by atoms with van der Waals surface area (Å²) in [5.74, 6) is 1.83. The van der Waals surface area contributed by atoms with Crippen molar-refractivity contribution < 1.29 is 18.7 Å². The van der Waals surface area contributed by atoms with Gasteiger partial charge in [0.25, 0.3) is 5.91 Å². The first-order chi connectivity index (χ1) is 14.0. The summed E-state index contributed by atoms with van der Waals surface area (Å²) in [4.78, 5) is 12.1. The molecule has 0 spiro atoms. The van der Waals surface area contributed by atoms with E-state index in [2.05, 4.69) is 10.5 Å². The molecule has 0 radical (unpaired) electrons. The van der Waals surface area contributed by atoms with E-state index in [0.29, 0.717) is 17.9 Å². The van der Waals surface area contributed by atoms with Gasteiger partial charge in [0.15, 0.2) is 0 Å². The molecule has 0 bridgehead atoms. The Balaban J connectivity index is 1.71. The van der Waals surface area contributed by atoms with Crippen LogP contribution in [0.5, 0.6) is 11.5 Å². The highest BCUT2D eigenvalue weighted by Crippen LogP contribution is 2.26. The van der Waals surface area contributed by atoms with Crippen molar-refractivity contribution >= 4 is 12.1 Å². The Bertz CT molecular complexity index is 1020. The van der Waals surface area contributed by atoms with Gasteiger partial charge in [-0.2, -0.15) is 5.10 Å². The molecule has 1 N–H and O–H groups in total. The third-order valence-corrected chi connectivity index (χ3v) is 4.57. The smallest absolute Gasteiger partial charge is 0.274 e. The Kier molecular flexibility index (Phi) is 6.34. The molecule has 1 heterocycles. The van der Waals surface area contributed by atoms with Crippen LogP contribution in [-0.4, -0.2) is 19.2 Å². The van der Waals surface area contributed by atoms with Crippen LogP contribution in [0.4, 0.5) is 0 Å². The molecule has 1 amide bonds. The van der Waals surface area contributed by atoms with Crippen molar-refractivity contribution in [3.63, 3.8) is 0 Å². The summed E-state index contributed by atoms with van der Waals surface area (Å²) in [5.41, 5.74) is 6.83. The average Bonchev–Trinajstić information content (AvgIpc) is 3.14. The molecule has 2 aromatic carbocycles. The second-order valence-electron chi connectivity index (χ2n) is 6.67. The fourth-order valence-corrected chi connectivity index (χ4v) is 3.01. The van der Waals surface area contributed by atoms with Gasteiger partial charge in [-0.05, 0) is 61.7 Å². The van der Waals surface area contributed by atoms with Gasteiger partial charge in [-0.3, -0.25) is 4.79 Å². The van der Waals surface area contributed by atoms with Crippen molar-refractivity contribution in [2.45, 2.75) is 27.4 Å². The number of carbonyl (C=O) groups is 1. The number of hydrogen-bond donors (Lipinski definition) is 1. The molecule has 6 nitrogen and oxygen atoms in total. The Morgan fingerprint density at radius 3 is 2.55 bits per heavy atom. The summed E-state index contributed by atoms with van der Waals surface area (Å²) < 4.78 is 16.6. The van der Waals surface area contributed by atoms with Crippen LogP contribution in [0.1, 0.15) is 38.4 Å². The Morgan fingerprint density at radius 1 is 1.14 bits per heavy atom. The highest BCUT2D eigenvalue weighted by atomic mass is 16.5. The molecule has 0 aliphatic rings. The summed E-state index contributed by atoms with van der Waals surface area (Å²) in [6, 6.07) is 13.3. The first-order valence-corrected chi connectivity index (χ1v) is 9.23. The van der Waals surface area contributed by atoms with Gasteiger partial charge >= 0.3 is 0 Å². The second kappa shape index (κ2) is 9.10. The van der Waals surface area contributed by atoms with Crippen molar-refractivity contribution in [2.75, 3.05) is 7.11 Å². The lowest BCUT2D eigenvalue weighted by molar-refractivity contribution is 0.0953. The van der Waals surface area contributed by atoms with Crippen LogP contribution in [0, 0.1) is 20.8 Å². The van der Waals surface area contributed by atoms with Crippen molar-refractivity contribution in [3.8, 4) is 11.5 Å². The molecule has 3 rings (SSSR count). The Morgan fingerprint density at radius 2 is 1.90 bits per heavy atom. The zero-order valence-electron chi connectivity index (χ0n) is 17.0. The van der Waals surface area contributed by atoms with E-state index in [0.717, 1.165) is 33.8 Å². The molecular weight excluding hydrogens is 368 g/mol. The first kappa shape index (κ1) is 20.2. The van der Waals surface area contributed by atoms with Crippen LogP contribution in [0.2, 0.25) is 0 Å². The number of nitrogens with one attached hydrogen (secondary N) is 1. The highest BCUT2D eigenvalue weighted by Gasteiger charge is 2.11. The van der Waals surface area contributed by atoms with Crippen molar-refractivity contribution in [2.24, 2.45) is 5.10 Å². The zero-order chi connectivity index (χ0) is 20.8. The van der Waals surface area contributed by atoms with E-state index in [9.17, 15) is 4.79 Å². The molecule has 0 atom stereocenters. The lowest BCUT2D eigenvalue weighted by atomic mass is 10.1. The van der Waals surface area contributed by atoms with Crippen LogP contribution < -0.4 is 14.9 Å². The molecule has 1 aromatic heterocycles. The number of furan rings is 1. The van der Waals surface area contributed by atoms with Crippen LogP contribution in [-0.2, 0) is 6.61 Å². The maximum atomic E-state index is 12.1. The fourth-order valence-electron chi connectivity index (χ4n) is 3.01. The lowest BCUT2D eigenvalue weighted by Crippen LogP contribution is -2.17. The lowest BCUT2D eigenvalue weighted by Gasteiger charge is -2.14. The van der Waals surface area contributed by atoms with Crippen LogP contribution in [0.15, 0.2) is 58.2 Å². The molecule has 0 fully saturated rings. The monoisotopic (exact) mass is 392 g/mol. The zero-order valence-corrected chi connectivity index (χ0v) is 17.0. The number of nitrogens with zero attached hydrogens (tertiary/aromatic N) is 1. The maximum Gasteiger partial charge on any atom is 0.274 e. The summed E-state index contributed by atoms with van der Waals surface area (Å²) >= 11 is 0. The van der Waals surface area contributed by atoms with E-state index in [1.807, 2.05) is 50.2 Å². The highest BCUT2D eigenvalue weighted by molar-refractivity contribution is 5.95. The standard InChI is InChI=1S/C23H24N2O4/c1-15-6-5-7-16(2)22(15)29-14-19-12-18(8-9-21(19)27-4)13-24-25-23(26)20-10-11-28-17(20)3/h5-13H,14H2,1-4H3,(H,25,26). The predicted octanol–water partition coefficient (Wildman–Crippen LogP) is 4.56. The van der Waals surface area contributed by atoms with Gasteiger partial charge in [-0.25, -0.2) is 5.43 Å². The molecule has 6 heteroatoms. The predicted molar refractivity (Wildman–Crippen MR) is 112 cm³/mol. The van der Waals surface area contributed by atoms with Crippen molar-refractivity contribution in [1.82, 2.24) is 5.43 Å². The first-order valence-electron chi connectivity index (χ1n) is 9.23. The quantitative estimate of drug-likeness (QED) is 0.473. The fraction of sp³-hybridized carbons (Fsp3) is 0.217. The minimum absolute atomic E-state index is 0.320. The number of hydrogen-bond acceptors (Lipinski definition) is 5. The SMILES string of the molecule is COc1ccc(C=NNC(=O)c2ccoc2C)cc1COc1c(C)cccc1C. The number of ether oxygens (including phenoxy) is 2. The third-order valence-electron chi connectivity index (χ3n) is 4.57. The number of hydrazone groups is 1. The Labute approximate surface area is 170 Å². The summed E-state index contributed by atoms with van der Waals surface area (Å²) in [5, 5.41) is 4.03. The minimum atomic E-state index is -0.320. The van der Waals surface area contributed by atoms with E-state index < -0.39 is 0 Å². The van der Waals surface area contributed by atoms with E-state index in [4.69, 9.17) is 13.9 Å². The number of carbonyl (C=O) groups excluding carboxylic acids is 1.